The summed E-state index contributed by atoms with van der Waals surface area (Å²) in [6, 6.07) is 0. The van der Waals surface area contributed by atoms with Gasteiger partial charge in [0.15, 0.2) is 23.8 Å². The molecule has 4 rings (SSSR count). The maximum Gasteiger partial charge on any atom is 0.168 e. The van der Waals surface area contributed by atoms with Gasteiger partial charge < -0.3 is 19.9 Å². The Hall–Kier alpha value is -1.85. The standard InChI is InChI=1S/C18H28N6O4/c1-5-11(4)25-7-18-6-23-28-13(14(18)26-10(2)3)17(27-18)24-9-22-12-15(19)20-8-21-16(12)24/h8-11,13-14,17,23H,5-7H2,1-4H3,(H2,19,20,21)/t11?,13?,14?,17-,18-/m1/s1. The van der Waals surface area contributed by atoms with Crippen LogP contribution in [-0.4, -0.2) is 62.7 Å². The average molecular weight is 392 g/mol. The zero-order valence-corrected chi connectivity index (χ0v) is 16.7. The predicted molar refractivity (Wildman–Crippen MR) is 101 cm³/mol. The molecule has 4 heterocycles. The molecule has 28 heavy (non-hydrogen) atoms. The van der Waals surface area contributed by atoms with Crippen LogP contribution in [0, 0.1) is 0 Å². The number of rotatable bonds is 7. The first kappa shape index (κ1) is 19.5. The molecule has 2 aromatic rings. The predicted octanol–water partition coefficient (Wildman–Crippen LogP) is 1.19. The molecule has 10 nitrogen and oxygen atoms in total. The van der Waals surface area contributed by atoms with Crippen LogP contribution in [0.15, 0.2) is 12.7 Å². The first-order valence-corrected chi connectivity index (χ1v) is 9.71. The summed E-state index contributed by atoms with van der Waals surface area (Å²) in [6.07, 6.45) is 2.94. The normalized spacial score (nSPS) is 31.0. The summed E-state index contributed by atoms with van der Waals surface area (Å²) in [5.74, 6) is 0.327. The second kappa shape index (κ2) is 7.53. The van der Waals surface area contributed by atoms with Crippen LogP contribution in [0.5, 0.6) is 0 Å². The molecule has 10 heteroatoms. The van der Waals surface area contributed by atoms with Gasteiger partial charge in [-0.2, -0.15) is 5.48 Å². The lowest BCUT2D eigenvalue weighted by atomic mass is 9.94. The van der Waals surface area contributed by atoms with E-state index in [0.29, 0.717) is 30.1 Å². The number of fused-ring (bicyclic) bond motifs is 3. The van der Waals surface area contributed by atoms with E-state index in [1.165, 1.54) is 6.33 Å². The Morgan fingerprint density at radius 1 is 1.36 bits per heavy atom. The van der Waals surface area contributed by atoms with Crippen LogP contribution in [0.4, 0.5) is 5.82 Å². The van der Waals surface area contributed by atoms with Crippen LogP contribution >= 0.6 is 0 Å². The highest BCUT2D eigenvalue weighted by Gasteiger charge is 2.61. The third-order valence-corrected chi connectivity index (χ3v) is 5.31. The Balaban J connectivity index is 1.70. The summed E-state index contributed by atoms with van der Waals surface area (Å²) in [5.41, 5.74) is 9.38. The van der Waals surface area contributed by atoms with E-state index in [4.69, 9.17) is 24.8 Å². The molecule has 2 bridgehead atoms. The number of hydroxylamine groups is 1. The lowest BCUT2D eigenvalue weighted by Gasteiger charge is -2.39. The Morgan fingerprint density at radius 2 is 2.18 bits per heavy atom. The van der Waals surface area contributed by atoms with E-state index < -0.39 is 17.9 Å². The van der Waals surface area contributed by atoms with Gasteiger partial charge in [0.1, 0.15) is 23.5 Å². The van der Waals surface area contributed by atoms with Gasteiger partial charge in [0, 0.05) is 0 Å². The molecular formula is C18H28N6O4. The fourth-order valence-electron chi connectivity index (χ4n) is 3.68. The van der Waals surface area contributed by atoms with Crippen molar-refractivity contribution in [1.82, 2.24) is 25.0 Å². The van der Waals surface area contributed by atoms with Crippen LogP contribution in [0.1, 0.15) is 40.3 Å². The van der Waals surface area contributed by atoms with Crippen molar-refractivity contribution in [1.29, 1.82) is 0 Å². The van der Waals surface area contributed by atoms with Crippen LogP contribution in [0.3, 0.4) is 0 Å². The zero-order valence-electron chi connectivity index (χ0n) is 16.7. The molecule has 2 saturated heterocycles. The van der Waals surface area contributed by atoms with Gasteiger partial charge in [0.25, 0.3) is 0 Å². The maximum absolute atomic E-state index is 6.56. The first-order chi connectivity index (χ1) is 13.4. The van der Waals surface area contributed by atoms with Crippen molar-refractivity contribution in [3.8, 4) is 0 Å². The van der Waals surface area contributed by atoms with Crippen molar-refractivity contribution in [2.45, 2.75) is 70.4 Å². The molecule has 0 spiro atoms. The molecular weight excluding hydrogens is 364 g/mol. The van der Waals surface area contributed by atoms with Crippen LogP contribution in [0.2, 0.25) is 0 Å². The lowest BCUT2D eigenvalue weighted by Crippen LogP contribution is -2.60. The lowest BCUT2D eigenvalue weighted by molar-refractivity contribution is -0.201. The van der Waals surface area contributed by atoms with Gasteiger partial charge in [-0.05, 0) is 27.2 Å². The number of nitrogens with one attached hydrogen (secondary N) is 1. The van der Waals surface area contributed by atoms with Gasteiger partial charge in [-0.3, -0.25) is 9.40 Å². The summed E-state index contributed by atoms with van der Waals surface area (Å²) < 4.78 is 20.7. The highest BCUT2D eigenvalue weighted by molar-refractivity contribution is 5.81. The van der Waals surface area contributed by atoms with E-state index in [0.717, 1.165) is 6.42 Å². The minimum absolute atomic E-state index is 0.0111. The highest BCUT2D eigenvalue weighted by atomic mass is 16.7. The first-order valence-electron chi connectivity index (χ1n) is 9.71. The molecule has 3 unspecified atom stereocenters. The minimum atomic E-state index is -0.684. The molecule has 2 fully saturated rings. The summed E-state index contributed by atoms with van der Waals surface area (Å²) in [6.45, 7) is 8.99. The molecule has 3 N–H and O–H groups in total. The van der Waals surface area contributed by atoms with E-state index in [1.807, 2.05) is 18.4 Å². The average Bonchev–Trinajstić information content (AvgIpc) is 3.15. The van der Waals surface area contributed by atoms with Gasteiger partial charge in [-0.25, -0.2) is 15.0 Å². The third kappa shape index (κ3) is 3.25. The molecule has 0 aliphatic carbocycles. The fourth-order valence-corrected chi connectivity index (χ4v) is 3.68. The number of anilines is 1. The summed E-state index contributed by atoms with van der Waals surface area (Å²) in [7, 11) is 0. The number of hydrogen-bond acceptors (Lipinski definition) is 9. The number of nitrogens with two attached hydrogens (primary N) is 1. The van der Waals surface area contributed by atoms with Crippen molar-refractivity contribution in [3.63, 3.8) is 0 Å². The van der Waals surface area contributed by atoms with Gasteiger partial charge in [0.05, 0.1) is 31.7 Å². The van der Waals surface area contributed by atoms with Gasteiger partial charge >= 0.3 is 0 Å². The number of ether oxygens (including phenoxy) is 3. The monoisotopic (exact) mass is 392 g/mol. The number of nitrogen functional groups attached to an aromatic ring is 1. The maximum atomic E-state index is 6.56. The van der Waals surface area contributed by atoms with Crippen molar-refractivity contribution < 1.29 is 19.0 Å². The Kier molecular flexibility index (Phi) is 5.23. The van der Waals surface area contributed by atoms with Crippen molar-refractivity contribution in [2.75, 3.05) is 18.9 Å². The number of hydrogen-bond donors (Lipinski definition) is 2. The SMILES string of the molecule is CCC(C)OC[C@]12CNOC(C1OC(C)C)[C@H](n1cnc3c(N)ncnc31)O2. The smallest absolute Gasteiger partial charge is 0.168 e. The van der Waals surface area contributed by atoms with Gasteiger partial charge in [-0.15, -0.1) is 0 Å². The largest absolute Gasteiger partial charge is 0.382 e. The Labute approximate surface area is 163 Å². The van der Waals surface area contributed by atoms with Crippen molar-refractivity contribution in [3.05, 3.63) is 12.7 Å². The van der Waals surface area contributed by atoms with E-state index in [1.54, 1.807) is 6.33 Å². The molecule has 2 aliphatic rings. The molecule has 0 amide bonds. The topological polar surface area (TPSA) is 119 Å². The summed E-state index contributed by atoms with van der Waals surface area (Å²) in [5, 5.41) is 0. The number of imidazole rings is 1. The van der Waals surface area contributed by atoms with Crippen LogP contribution in [-0.2, 0) is 19.0 Å². The van der Waals surface area contributed by atoms with E-state index in [2.05, 4.69) is 34.3 Å². The molecule has 2 aromatic heterocycles. The molecule has 0 radical (unpaired) electrons. The summed E-state index contributed by atoms with van der Waals surface area (Å²) in [4.78, 5) is 18.6. The van der Waals surface area contributed by atoms with Crippen LogP contribution in [0.25, 0.3) is 11.2 Å². The number of nitrogens with zero attached hydrogens (tertiary/aromatic N) is 4. The summed E-state index contributed by atoms with van der Waals surface area (Å²) >= 11 is 0. The van der Waals surface area contributed by atoms with Crippen molar-refractivity contribution in [2.24, 2.45) is 0 Å². The molecule has 154 valence electrons. The van der Waals surface area contributed by atoms with Gasteiger partial charge in [0.2, 0.25) is 0 Å². The second-order valence-electron chi connectivity index (χ2n) is 7.70. The van der Waals surface area contributed by atoms with E-state index >= 15 is 0 Å². The molecule has 2 aliphatic heterocycles. The second-order valence-corrected chi connectivity index (χ2v) is 7.70. The molecule has 0 aromatic carbocycles. The molecule has 5 atom stereocenters. The van der Waals surface area contributed by atoms with E-state index in [-0.39, 0.29) is 18.3 Å². The Bertz CT molecular complexity index is 830. The van der Waals surface area contributed by atoms with Crippen LogP contribution < -0.4 is 11.2 Å². The minimum Gasteiger partial charge on any atom is -0.382 e. The quantitative estimate of drug-likeness (QED) is 0.716. The fraction of sp³-hybridized carbons (Fsp3) is 0.722. The molecule has 0 saturated carbocycles. The van der Waals surface area contributed by atoms with Crippen molar-refractivity contribution >= 4 is 17.0 Å². The zero-order chi connectivity index (χ0) is 19.9. The Morgan fingerprint density at radius 3 is 2.93 bits per heavy atom. The van der Waals surface area contributed by atoms with E-state index in [9.17, 15) is 0 Å². The highest BCUT2D eigenvalue weighted by Crippen LogP contribution is 2.44. The number of aromatic nitrogens is 4. The third-order valence-electron chi connectivity index (χ3n) is 5.31. The van der Waals surface area contributed by atoms with Gasteiger partial charge in [-0.1, -0.05) is 6.92 Å².